The number of benzene rings is 2. The topological polar surface area (TPSA) is 35.5 Å². The molecule has 0 unspecified atom stereocenters. The Morgan fingerprint density at radius 3 is 2.30 bits per heavy atom. The summed E-state index contributed by atoms with van der Waals surface area (Å²) in [5, 5.41) is 0. The highest BCUT2D eigenvalue weighted by atomic mass is 16.5. The number of ether oxygens (including phenoxy) is 2. The Hall–Kier alpha value is -2.29. The van der Waals surface area contributed by atoms with E-state index in [0.717, 1.165) is 16.9 Å². The van der Waals surface area contributed by atoms with Crippen LogP contribution in [0.5, 0.6) is 5.75 Å². The monoisotopic (exact) mass is 270 g/mol. The van der Waals surface area contributed by atoms with Gasteiger partial charge in [-0.2, -0.15) is 0 Å². The lowest BCUT2D eigenvalue weighted by atomic mass is 10.1. The summed E-state index contributed by atoms with van der Waals surface area (Å²) >= 11 is 0. The van der Waals surface area contributed by atoms with Crippen LogP contribution in [0.15, 0.2) is 54.6 Å². The highest BCUT2D eigenvalue weighted by Crippen LogP contribution is 2.13. The van der Waals surface area contributed by atoms with Crippen LogP contribution in [0.2, 0.25) is 0 Å². The highest BCUT2D eigenvalue weighted by Gasteiger charge is 2.04. The van der Waals surface area contributed by atoms with Crippen molar-refractivity contribution in [1.82, 2.24) is 0 Å². The molecule has 0 spiro atoms. The van der Waals surface area contributed by atoms with E-state index in [-0.39, 0.29) is 5.97 Å². The predicted molar refractivity (Wildman–Crippen MR) is 77.6 cm³/mol. The third-order valence-electron chi connectivity index (χ3n) is 3.02. The van der Waals surface area contributed by atoms with E-state index in [4.69, 9.17) is 9.47 Å². The van der Waals surface area contributed by atoms with E-state index in [1.165, 1.54) is 0 Å². The number of methoxy groups -OCH3 is 1. The Kier molecular flexibility index (Phi) is 5.18. The van der Waals surface area contributed by atoms with Crippen molar-refractivity contribution < 1.29 is 14.3 Å². The quantitative estimate of drug-likeness (QED) is 0.755. The van der Waals surface area contributed by atoms with Crippen LogP contribution in [-0.2, 0) is 22.6 Å². The smallest absolute Gasteiger partial charge is 0.306 e. The van der Waals surface area contributed by atoms with Gasteiger partial charge in [-0.25, -0.2) is 0 Å². The zero-order chi connectivity index (χ0) is 14.2. The Morgan fingerprint density at radius 2 is 1.65 bits per heavy atom. The van der Waals surface area contributed by atoms with E-state index in [2.05, 4.69) is 0 Å². The minimum Gasteiger partial charge on any atom is -0.497 e. The molecule has 2 aromatic rings. The molecule has 2 aromatic carbocycles. The molecule has 0 aliphatic carbocycles. The lowest BCUT2D eigenvalue weighted by Gasteiger charge is -2.05. The first kappa shape index (κ1) is 14.1. The summed E-state index contributed by atoms with van der Waals surface area (Å²) in [4.78, 5) is 11.7. The summed E-state index contributed by atoms with van der Waals surface area (Å²) in [6.45, 7) is 0.336. The molecule has 0 saturated heterocycles. The van der Waals surface area contributed by atoms with Gasteiger partial charge in [0.25, 0.3) is 0 Å². The van der Waals surface area contributed by atoms with Crippen LogP contribution in [0.1, 0.15) is 17.5 Å². The number of carbonyl (C=O) groups is 1. The van der Waals surface area contributed by atoms with Crippen molar-refractivity contribution in [2.45, 2.75) is 19.4 Å². The molecule has 3 nitrogen and oxygen atoms in total. The molecule has 0 aromatic heterocycles. The van der Waals surface area contributed by atoms with Crippen molar-refractivity contribution in [3.63, 3.8) is 0 Å². The Morgan fingerprint density at radius 1 is 0.950 bits per heavy atom. The van der Waals surface area contributed by atoms with E-state index in [0.29, 0.717) is 19.4 Å². The molecule has 2 rings (SSSR count). The van der Waals surface area contributed by atoms with Crippen LogP contribution in [0, 0.1) is 0 Å². The van der Waals surface area contributed by atoms with Crippen molar-refractivity contribution >= 4 is 5.97 Å². The van der Waals surface area contributed by atoms with Crippen LogP contribution in [0.4, 0.5) is 0 Å². The first-order chi connectivity index (χ1) is 9.78. The Balaban J connectivity index is 1.74. The van der Waals surface area contributed by atoms with Crippen LogP contribution in [0.25, 0.3) is 0 Å². The summed E-state index contributed by atoms with van der Waals surface area (Å²) in [6.07, 6.45) is 1.07. The molecule has 20 heavy (non-hydrogen) atoms. The fourth-order valence-corrected chi connectivity index (χ4v) is 1.85. The van der Waals surface area contributed by atoms with Gasteiger partial charge in [0, 0.05) is 6.42 Å². The van der Waals surface area contributed by atoms with Crippen LogP contribution in [0.3, 0.4) is 0 Å². The Bertz CT molecular complexity index is 532. The van der Waals surface area contributed by atoms with E-state index in [1.54, 1.807) is 7.11 Å². The lowest BCUT2D eigenvalue weighted by Crippen LogP contribution is -2.05. The number of carbonyl (C=O) groups excluding carboxylic acids is 1. The third-order valence-corrected chi connectivity index (χ3v) is 3.02. The summed E-state index contributed by atoms with van der Waals surface area (Å²) in [5.41, 5.74) is 2.10. The second kappa shape index (κ2) is 7.34. The molecule has 0 atom stereocenters. The first-order valence-electron chi connectivity index (χ1n) is 6.60. The van der Waals surface area contributed by atoms with Crippen LogP contribution in [-0.4, -0.2) is 13.1 Å². The molecule has 0 N–H and O–H groups in total. The number of rotatable bonds is 6. The van der Waals surface area contributed by atoms with Crippen molar-refractivity contribution in [2.24, 2.45) is 0 Å². The maximum absolute atomic E-state index is 11.7. The standard InChI is InChI=1S/C17H18O3/c1-19-16-10-7-14(8-11-16)9-12-17(18)20-13-15-5-3-2-4-6-15/h2-8,10-11H,9,12-13H2,1H3. The molecule has 0 bridgehead atoms. The molecular weight excluding hydrogens is 252 g/mol. The van der Waals surface area contributed by atoms with Crippen molar-refractivity contribution in [3.8, 4) is 5.75 Å². The van der Waals surface area contributed by atoms with Gasteiger partial charge < -0.3 is 9.47 Å². The summed E-state index contributed by atoms with van der Waals surface area (Å²) < 4.78 is 10.3. The van der Waals surface area contributed by atoms with Gasteiger partial charge >= 0.3 is 5.97 Å². The second-order valence-electron chi connectivity index (χ2n) is 4.49. The van der Waals surface area contributed by atoms with Crippen molar-refractivity contribution in [2.75, 3.05) is 7.11 Å². The second-order valence-corrected chi connectivity index (χ2v) is 4.49. The molecule has 104 valence electrons. The van der Waals surface area contributed by atoms with Crippen LogP contribution < -0.4 is 4.74 Å². The van der Waals surface area contributed by atoms with Gasteiger partial charge in [-0.1, -0.05) is 42.5 Å². The molecule has 0 amide bonds. The summed E-state index contributed by atoms with van der Waals surface area (Å²) in [5.74, 6) is 0.644. The maximum atomic E-state index is 11.7. The normalized spacial score (nSPS) is 10.1. The van der Waals surface area contributed by atoms with Crippen LogP contribution >= 0.6 is 0 Å². The van der Waals surface area contributed by atoms with Crippen molar-refractivity contribution in [3.05, 3.63) is 65.7 Å². The lowest BCUT2D eigenvalue weighted by molar-refractivity contribution is -0.144. The summed E-state index contributed by atoms with van der Waals surface area (Å²) in [7, 11) is 1.63. The first-order valence-corrected chi connectivity index (χ1v) is 6.60. The summed E-state index contributed by atoms with van der Waals surface area (Å²) in [6, 6.07) is 17.4. The molecule has 0 aliphatic rings. The average molecular weight is 270 g/mol. The third kappa shape index (κ3) is 4.43. The molecule has 0 heterocycles. The molecule has 3 heteroatoms. The molecular formula is C17H18O3. The largest absolute Gasteiger partial charge is 0.497 e. The zero-order valence-corrected chi connectivity index (χ0v) is 11.5. The molecule has 0 aliphatic heterocycles. The number of esters is 1. The fourth-order valence-electron chi connectivity index (χ4n) is 1.85. The molecule has 0 fully saturated rings. The predicted octanol–water partition coefficient (Wildman–Crippen LogP) is 3.37. The minimum absolute atomic E-state index is 0.176. The zero-order valence-electron chi connectivity index (χ0n) is 11.5. The van der Waals surface area contributed by atoms with E-state index in [9.17, 15) is 4.79 Å². The molecule has 0 saturated carbocycles. The molecule has 0 radical (unpaired) electrons. The maximum Gasteiger partial charge on any atom is 0.306 e. The highest BCUT2D eigenvalue weighted by molar-refractivity contribution is 5.69. The number of aryl methyl sites for hydroxylation is 1. The average Bonchev–Trinajstić information content (AvgIpc) is 2.52. The van der Waals surface area contributed by atoms with Gasteiger partial charge in [0.15, 0.2) is 0 Å². The SMILES string of the molecule is COc1ccc(CCC(=O)OCc2ccccc2)cc1. The fraction of sp³-hybridized carbons (Fsp3) is 0.235. The van der Waals surface area contributed by atoms with Gasteiger partial charge in [-0.05, 0) is 29.7 Å². The van der Waals surface area contributed by atoms with Gasteiger partial charge in [0.05, 0.1) is 7.11 Å². The van der Waals surface area contributed by atoms with Gasteiger partial charge in [-0.3, -0.25) is 4.79 Å². The van der Waals surface area contributed by atoms with Gasteiger partial charge in [-0.15, -0.1) is 0 Å². The van der Waals surface area contributed by atoms with Gasteiger partial charge in [0.1, 0.15) is 12.4 Å². The number of hydrogen-bond acceptors (Lipinski definition) is 3. The Labute approximate surface area is 119 Å². The van der Waals surface area contributed by atoms with Gasteiger partial charge in [0.2, 0.25) is 0 Å². The minimum atomic E-state index is -0.176. The van der Waals surface area contributed by atoms with E-state index < -0.39 is 0 Å². The van der Waals surface area contributed by atoms with E-state index in [1.807, 2.05) is 54.6 Å². The van der Waals surface area contributed by atoms with Crippen molar-refractivity contribution in [1.29, 1.82) is 0 Å². The van der Waals surface area contributed by atoms with E-state index >= 15 is 0 Å². The number of hydrogen-bond donors (Lipinski definition) is 0.